The molecule has 2 aromatic rings. The van der Waals surface area contributed by atoms with Gasteiger partial charge in [-0.05, 0) is 73.2 Å². The summed E-state index contributed by atoms with van der Waals surface area (Å²) in [4.78, 5) is 4.01. The van der Waals surface area contributed by atoms with Gasteiger partial charge in [-0.25, -0.2) is 0 Å². The first kappa shape index (κ1) is 18.7. The Morgan fingerprint density at radius 2 is 1.63 bits per heavy atom. The summed E-state index contributed by atoms with van der Waals surface area (Å²) in [6.45, 7) is 18.9. The van der Waals surface area contributed by atoms with Crippen LogP contribution >= 0.6 is 0 Å². The minimum absolute atomic E-state index is 0.0807. The molecule has 0 amide bonds. The molecule has 0 saturated heterocycles. The van der Waals surface area contributed by atoms with Crippen molar-refractivity contribution in [3.8, 4) is 11.1 Å². The Balaban J connectivity index is 1.88. The molecule has 0 saturated carbocycles. The summed E-state index contributed by atoms with van der Waals surface area (Å²) in [5, 5.41) is 0. The molecule has 2 aliphatic rings. The zero-order chi connectivity index (χ0) is 19.8. The van der Waals surface area contributed by atoms with E-state index in [2.05, 4.69) is 102 Å². The predicted octanol–water partition coefficient (Wildman–Crippen LogP) is 6.63. The van der Waals surface area contributed by atoms with Gasteiger partial charge in [-0.3, -0.25) is 0 Å². The van der Waals surface area contributed by atoms with Crippen LogP contribution in [0.5, 0.6) is 0 Å². The number of fused-ring (bicyclic) bond motifs is 4. The summed E-state index contributed by atoms with van der Waals surface area (Å²) in [6, 6.07) is 14.0. The van der Waals surface area contributed by atoms with Gasteiger partial charge in [0.2, 0.25) is 0 Å². The molecule has 142 valence electrons. The number of hydrogen-bond donors (Lipinski definition) is 1. The van der Waals surface area contributed by atoms with Crippen LogP contribution in [0.3, 0.4) is 0 Å². The topological polar surface area (TPSA) is 12.0 Å². The van der Waals surface area contributed by atoms with Gasteiger partial charge in [0.1, 0.15) is 8.24 Å². The predicted molar refractivity (Wildman–Crippen MR) is 121 cm³/mol. The molecule has 27 heavy (non-hydrogen) atoms. The smallest absolute Gasteiger partial charge is 0.131 e. The first-order valence-corrected chi connectivity index (χ1v) is 13.3. The standard InChI is InChI=1S/C25H33NSi/c1-16-13-17-14-22-20(18-11-9-10-12-21(18)25(22,5)6)15-19(17)23(16)27(7,8)26-24(2,3)4/h9-15,23,26H,1-8H3. The Hall–Kier alpha value is -1.64. The number of benzene rings is 2. The summed E-state index contributed by atoms with van der Waals surface area (Å²) in [7, 11) is -1.70. The fraction of sp³-hybridized carbons (Fsp3) is 0.440. The van der Waals surface area contributed by atoms with Crippen molar-refractivity contribution < 1.29 is 0 Å². The lowest BCUT2D eigenvalue weighted by Crippen LogP contribution is -2.58. The van der Waals surface area contributed by atoms with Crippen LogP contribution in [0.15, 0.2) is 42.0 Å². The highest BCUT2D eigenvalue weighted by Crippen LogP contribution is 2.52. The Morgan fingerprint density at radius 1 is 0.963 bits per heavy atom. The highest BCUT2D eigenvalue weighted by Gasteiger charge is 2.43. The molecule has 2 aromatic carbocycles. The molecule has 1 unspecified atom stereocenters. The Bertz CT molecular complexity index is 957. The summed E-state index contributed by atoms with van der Waals surface area (Å²) in [5.41, 5.74) is 11.1. The molecule has 0 aliphatic heterocycles. The molecular formula is C25H33NSi. The summed E-state index contributed by atoms with van der Waals surface area (Å²) >= 11 is 0. The Labute approximate surface area is 166 Å². The number of allylic oxidation sites excluding steroid dienone is 1. The van der Waals surface area contributed by atoms with Crippen LogP contribution < -0.4 is 4.98 Å². The molecule has 1 atom stereocenters. The van der Waals surface area contributed by atoms with Gasteiger partial charge in [-0.1, -0.05) is 62.9 Å². The Kier molecular flexibility index (Phi) is 3.94. The quantitative estimate of drug-likeness (QED) is 0.581. The lowest BCUT2D eigenvalue weighted by molar-refractivity contribution is 0.508. The summed E-state index contributed by atoms with van der Waals surface area (Å²) < 4.78 is 0. The van der Waals surface area contributed by atoms with Crippen LogP contribution in [0.4, 0.5) is 0 Å². The van der Waals surface area contributed by atoms with E-state index in [1.807, 2.05) is 0 Å². The molecule has 0 heterocycles. The van der Waals surface area contributed by atoms with Gasteiger partial charge >= 0.3 is 0 Å². The van der Waals surface area contributed by atoms with Gasteiger partial charge in [-0.2, -0.15) is 0 Å². The lowest BCUT2D eigenvalue weighted by Gasteiger charge is -2.39. The maximum Gasteiger partial charge on any atom is 0.131 e. The van der Waals surface area contributed by atoms with Gasteiger partial charge in [-0.15, -0.1) is 0 Å². The zero-order valence-electron chi connectivity index (χ0n) is 18.1. The van der Waals surface area contributed by atoms with Gasteiger partial charge in [0.15, 0.2) is 0 Å². The molecule has 0 aromatic heterocycles. The van der Waals surface area contributed by atoms with E-state index in [0.717, 1.165) is 0 Å². The van der Waals surface area contributed by atoms with Gasteiger partial charge < -0.3 is 4.98 Å². The third kappa shape index (κ3) is 2.85. The van der Waals surface area contributed by atoms with Crippen molar-refractivity contribution in [3.63, 3.8) is 0 Å². The van der Waals surface area contributed by atoms with Crippen molar-refractivity contribution in [1.82, 2.24) is 4.98 Å². The molecule has 0 fully saturated rings. The van der Waals surface area contributed by atoms with E-state index in [1.165, 1.54) is 39.0 Å². The molecule has 0 bridgehead atoms. The van der Waals surface area contributed by atoms with E-state index in [9.17, 15) is 0 Å². The minimum Gasteiger partial charge on any atom is -0.332 e. The molecule has 1 N–H and O–H groups in total. The van der Waals surface area contributed by atoms with E-state index in [0.29, 0.717) is 5.54 Å². The maximum absolute atomic E-state index is 4.01. The molecule has 2 aliphatic carbocycles. The van der Waals surface area contributed by atoms with E-state index in [-0.39, 0.29) is 11.0 Å². The summed E-state index contributed by atoms with van der Waals surface area (Å²) in [5.74, 6) is 0. The number of rotatable bonds is 2. The molecule has 1 nitrogen and oxygen atoms in total. The van der Waals surface area contributed by atoms with Crippen molar-refractivity contribution in [2.45, 2.75) is 71.1 Å². The molecular weight excluding hydrogens is 342 g/mol. The molecule has 2 heteroatoms. The monoisotopic (exact) mass is 375 g/mol. The van der Waals surface area contributed by atoms with Crippen LogP contribution in [-0.2, 0) is 5.41 Å². The van der Waals surface area contributed by atoms with Crippen molar-refractivity contribution in [1.29, 1.82) is 0 Å². The molecule has 0 radical (unpaired) electrons. The van der Waals surface area contributed by atoms with Crippen molar-refractivity contribution >= 4 is 14.3 Å². The zero-order valence-corrected chi connectivity index (χ0v) is 19.1. The van der Waals surface area contributed by atoms with E-state index >= 15 is 0 Å². The van der Waals surface area contributed by atoms with Crippen LogP contribution in [0, 0.1) is 0 Å². The highest BCUT2D eigenvalue weighted by molar-refractivity contribution is 6.77. The second kappa shape index (κ2) is 5.68. The van der Waals surface area contributed by atoms with Crippen LogP contribution in [0.2, 0.25) is 13.1 Å². The average molecular weight is 376 g/mol. The van der Waals surface area contributed by atoms with Crippen LogP contribution in [0.25, 0.3) is 17.2 Å². The SMILES string of the molecule is CC1=Cc2cc3c(cc2C1[Si](C)(C)NC(C)(C)C)-c1ccccc1C3(C)C. The fourth-order valence-electron chi connectivity index (χ4n) is 5.73. The normalized spacial score (nSPS) is 20.1. The average Bonchev–Trinajstić information content (AvgIpc) is 2.96. The van der Waals surface area contributed by atoms with Crippen LogP contribution in [-0.4, -0.2) is 13.8 Å². The van der Waals surface area contributed by atoms with Crippen LogP contribution in [0.1, 0.15) is 69.3 Å². The lowest BCUT2D eigenvalue weighted by atomic mass is 9.82. The first-order chi connectivity index (χ1) is 12.4. The van der Waals surface area contributed by atoms with Crippen molar-refractivity contribution in [2.24, 2.45) is 0 Å². The van der Waals surface area contributed by atoms with Gasteiger partial charge in [0.25, 0.3) is 0 Å². The second-order valence-corrected chi connectivity index (χ2v) is 14.9. The Morgan fingerprint density at radius 3 is 2.30 bits per heavy atom. The maximum atomic E-state index is 4.01. The van der Waals surface area contributed by atoms with Crippen molar-refractivity contribution in [3.05, 3.63) is 64.2 Å². The highest BCUT2D eigenvalue weighted by atomic mass is 28.3. The minimum atomic E-state index is -1.70. The number of hydrogen-bond acceptors (Lipinski definition) is 1. The largest absolute Gasteiger partial charge is 0.332 e. The first-order valence-electron chi connectivity index (χ1n) is 10.2. The second-order valence-electron chi connectivity index (χ2n) is 10.6. The summed E-state index contributed by atoms with van der Waals surface area (Å²) in [6.07, 6.45) is 2.44. The third-order valence-corrected chi connectivity index (χ3v) is 9.96. The molecule has 4 rings (SSSR count). The number of nitrogens with one attached hydrogen (secondary N) is 1. The van der Waals surface area contributed by atoms with Gasteiger partial charge in [0.05, 0.1) is 0 Å². The van der Waals surface area contributed by atoms with E-state index in [1.54, 1.807) is 0 Å². The van der Waals surface area contributed by atoms with E-state index < -0.39 is 8.24 Å². The third-order valence-electron chi connectivity index (χ3n) is 6.36. The van der Waals surface area contributed by atoms with Gasteiger partial charge in [0, 0.05) is 16.5 Å². The molecule has 0 spiro atoms. The van der Waals surface area contributed by atoms with Crippen molar-refractivity contribution in [2.75, 3.05) is 0 Å². The fourth-order valence-corrected chi connectivity index (χ4v) is 10.1. The van der Waals surface area contributed by atoms with E-state index in [4.69, 9.17) is 0 Å².